The number of carboxylic acids is 1. The Bertz CT molecular complexity index is 1050. The number of carbonyl (C=O) groups excluding carboxylic acids is 2. The summed E-state index contributed by atoms with van der Waals surface area (Å²) in [5, 5.41) is 12.8. The smallest absolute Gasteiger partial charge is 0.335 e. The second-order valence-electron chi connectivity index (χ2n) is 9.86. The van der Waals surface area contributed by atoms with Crippen molar-refractivity contribution in [3.05, 3.63) is 70.2 Å². The van der Waals surface area contributed by atoms with Gasteiger partial charge in [-0.15, -0.1) is 0 Å². The molecule has 0 saturated carbocycles. The lowest BCUT2D eigenvalue weighted by molar-refractivity contribution is -0.138. The van der Waals surface area contributed by atoms with Crippen LogP contribution in [0.1, 0.15) is 72.7 Å². The predicted molar refractivity (Wildman–Crippen MR) is 133 cm³/mol. The minimum Gasteiger partial charge on any atom is -0.478 e. The standard InChI is InChI=1S/C27H33ClN2O4/c1-5-17(2)23(29-24(31)19-7-6-8-20(15-19)26(33)34)25(32)30-14-13-22(27(3,4)16-30)18-9-11-21(28)12-10-18/h6-12,15,17,22-23H,5,13-14,16H2,1-4H3,(H,29,31)(H,33,34)/t17-,22?,23-/m1/s1. The summed E-state index contributed by atoms with van der Waals surface area (Å²) in [5.74, 6) is -1.42. The van der Waals surface area contributed by atoms with Crippen LogP contribution in [0.25, 0.3) is 0 Å². The maximum Gasteiger partial charge on any atom is 0.335 e. The Morgan fingerprint density at radius 3 is 2.38 bits per heavy atom. The first kappa shape index (κ1) is 25.8. The molecule has 34 heavy (non-hydrogen) atoms. The molecule has 3 rings (SSSR count). The predicted octanol–water partition coefficient (Wildman–Crippen LogP) is 5.23. The highest BCUT2D eigenvalue weighted by molar-refractivity contribution is 6.30. The van der Waals surface area contributed by atoms with Crippen LogP contribution in [0.3, 0.4) is 0 Å². The van der Waals surface area contributed by atoms with Crippen molar-refractivity contribution < 1.29 is 19.5 Å². The molecule has 0 radical (unpaired) electrons. The number of halogens is 1. The molecule has 2 N–H and O–H groups in total. The first-order chi connectivity index (χ1) is 16.0. The molecule has 0 bridgehead atoms. The Morgan fingerprint density at radius 2 is 1.79 bits per heavy atom. The number of carboxylic acid groups (broad SMARTS) is 1. The maximum absolute atomic E-state index is 13.6. The molecule has 3 atom stereocenters. The molecule has 0 aromatic heterocycles. The van der Waals surface area contributed by atoms with E-state index in [1.54, 1.807) is 6.07 Å². The SMILES string of the molecule is CC[C@@H](C)[C@@H](NC(=O)c1cccc(C(=O)O)c1)C(=O)N1CCC(c2ccc(Cl)cc2)C(C)(C)C1. The highest BCUT2D eigenvalue weighted by Gasteiger charge is 2.40. The van der Waals surface area contributed by atoms with Gasteiger partial charge in [-0.3, -0.25) is 9.59 Å². The molecule has 6 nitrogen and oxygen atoms in total. The van der Waals surface area contributed by atoms with E-state index in [4.69, 9.17) is 11.6 Å². The number of nitrogens with one attached hydrogen (secondary N) is 1. The number of piperidine rings is 1. The van der Waals surface area contributed by atoms with Gasteiger partial charge in [0.1, 0.15) is 6.04 Å². The van der Waals surface area contributed by atoms with E-state index < -0.39 is 17.9 Å². The van der Waals surface area contributed by atoms with Crippen LogP contribution in [-0.2, 0) is 4.79 Å². The fourth-order valence-electron chi connectivity index (χ4n) is 4.76. The molecular formula is C27H33ClN2O4. The van der Waals surface area contributed by atoms with E-state index in [-0.39, 0.29) is 28.4 Å². The van der Waals surface area contributed by atoms with Crippen molar-refractivity contribution >= 4 is 29.4 Å². The number of hydrogen-bond donors (Lipinski definition) is 2. The third-order valence-electron chi connectivity index (χ3n) is 6.95. The summed E-state index contributed by atoms with van der Waals surface area (Å²) in [5.41, 5.74) is 1.32. The summed E-state index contributed by atoms with van der Waals surface area (Å²) < 4.78 is 0. The van der Waals surface area contributed by atoms with Gasteiger partial charge >= 0.3 is 5.97 Å². The van der Waals surface area contributed by atoms with Gasteiger partial charge in [-0.25, -0.2) is 4.79 Å². The van der Waals surface area contributed by atoms with E-state index in [0.717, 1.165) is 12.8 Å². The largest absolute Gasteiger partial charge is 0.478 e. The molecule has 0 aliphatic carbocycles. The number of amides is 2. The van der Waals surface area contributed by atoms with E-state index in [2.05, 4.69) is 31.3 Å². The molecule has 7 heteroatoms. The van der Waals surface area contributed by atoms with Crippen molar-refractivity contribution in [2.45, 2.75) is 52.5 Å². The average molecular weight is 485 g/mol. The number of rotatable bonds is 7. The number of aromatic carboxylic acids is 1. The Balaban J connectivity index is 1.76. The van der Waals surface area contributed by atoms with Crippen LogP contribution < -0.4 is 5.32 Å². The zero-order chi connectivity index (χ0) is 25.0. The van der Waals surface area contributed by atoms with E-state index in [1.807, 2.05) is 30.9 Å². The van der Waals surface area contributed by atoms with Crippen LogP contribution >= 0.6 is 11.6 Å². The second kappa shape index (κ2) is 10.6. The van der Waals surface area contributed by atoms with Crippen LogP contribution in [-0.4, -0.2) is 46.9 Å². The Morgan fingerprint density at radius 1 is 1.15 bits per heavy atom. The molecule has 1 fully saturated rings. The summed E-state index contributed by atoms with van der Waals surface area (Å²) in [4.78, 5) is 39.7. The summed E-state index contributed by atoms with van der Waals surface area (Å²) in [6, 6.07) is 13.1. The van der Waals surface area contributed by atoms with Gasteiger partial charge in [-0.1, -0.05) is 63.9 Å². The van der Waals surface area contributed by atoms with Crippen LogP contribution in [0.4, 0.5) is 0 Å². The molecule has 2 amide bonds. The van der Waals surface area contributed by atoms with Gasteiger partial charge in [0.2, 0.25) is 5.91 Å². The molecule has 0 spiro atoms. The summed E-state index contributed by atoms with van der Waals surface area (Å²) >= 11 is 6.06. The lowest BCUT2D eigenvalue weighted by Gasteiger charge is -2.46. The third kappa shape index (κ3) is 5.79. The molecule has 1 unspecified atom stereocenters. The molecule has 1 aliphatic heterocycles. The third-order valence-corrected chi connectivity index (χ3v) is 7.20. The van der Waals surface area contributed by atoms with Crippen LogP contribution in [0.2, 0.25) is 5.02 Å². The number of hydrogen-bond acceptors (Lipinski definition) is 3. The Labute approximate surface area is 206 Å². The lowest BCUT2D eigenvalue weighted by Crippen LogP contribution is -2.56. The fraction of sp³-hybridized carbons (Fsp3) is 0.444. The van der Waals surface area contributed by atoms with E-state index in [1.165, 1.54) is 23.8 Å². The van der Waals surface area contributed by atoms with Crippen LogP contribution in [0, 0.1) is 11.3 Å². The fourth-order valence-corrected chi connectivity index (χ4v) is 4.88. The minimum absolute atomic E-state index is 0.0325. The van der Waals surface area contributed by atoms with Crippen molar-refractivity contribution in [3.63, 3.8) is 0 Å². The summed E-state index contributed by atoms with van der Waals surface area (Å²) in [6.07, 6.45) is 1.54. The average Bonchev–Trinajstić information content (AvgIpc) is 2.81. The molecule has 1 heterocycles. The first-order valence-corrected chi connectivity index (χ1v) is 12.1. The van der Waals surface area contributed by atoms with Crippen molar-refractivity contribution in [3.8, 4) is 0 Å². The van der Waals surface area contributed by atoms with E-state index >= 15 is 0 Å². The number of nitrogens with zero attached hydrogens (tertiary/aromatic N) is 1. The van der Waals surface area contributed by atoms with Gasteiger partial charge in [-0.2, -0.15) is 0 Å². The molecule has 2 aromatic rings. The molecular weight excluding hydrogens is 452 g/mol. The molecule has 182 valence electrons. The van der Waals surface area contributed by atoms with Gasteiger partial charge in [0.05, 0.1) is 5.56 Å². The number of benzene rings is 2. The quantitative estimate of drug-likeness (QED) is 0.563. The molecule has 2 aromatic carbocycles. The van der Waals surface area contributed by atoms with Crippen molar-refractivity contribution in [1.82, 2.24) is 10.2 Å². The maximum atomic E-state index is 13.6. The van der Waals surface area contributed by atoms with Gasteiger partial charge in [0.15, 0.2) is 0 Å². The van der Waals surface area contributed by atoms with E-state index in [9.17, 15) is 19.5 Å². The van der Waals surface area contributed by atoms with Crippen molar-refractivity contribution in [2.24, 2.45) is 11.3 Å². The first-order valence-electron chi connectivity index (χ1n) is 11.7. The summed E-state index contributed by atoms with van der Waals surface area (Å²) in [7, 11) is 0. The Hall–Kier alpha value is -2.86. The van der Waals surface area contributed by atoms with Crippen LogP contribution in [0.5, 0.6) is 0 Å². The molecule has 1 aliphatic rings. The molecule has 1 saturated heterocycles. The van der Waals surface area contributed by atoms with E-state index in [0.29, 0.717) is 24.0 Å². The Kier molecular flexibility index (Phi) is 8.03. The highest BCUT2D eigenvalue weighted by atomic mass is 35.5. The van der Waals surface area contributed by atoms with Crippen LogP contribution in [0.15, 0.2) is 48.5 Å². The zero-order valence-corrected chi connectivity index (χ0v) is 20.9. The topological polar surface area (TPSA) is 86.7 Å². The second-order valence-corrected chi connectivity index (χ2v) is 10.3. The van der Waals surface area contributed by atoms with Gasteiger partial charge in [0.25, 0.3) is 5.91 Å². The van der Waals surface area contributed by atoms with Crippen molar-refractivity contribution in [1.29, 1.82) is 0 Å². The summed E-state index contributed by atoms with van der Waals surface area (Å²) in [6.45, 7) is 9.45. The zero-order valence-electron chi connectivity index (χ0n) is 20.2. The van der Waals surface area contributed by atoms with Gasteiger partial charge < -0.3 is 15.3 Å². The van der Waals surface area contributed by atoms with Gasteiger partial charge in [0, 0.05) is 23.7 Å². The lowest BCUT2D eigenvalue weighted by atomic mass is 9.70. The number of carbonyl (C=O) groups is 3. The van der Waals surface area contributed by atoms with Gasteiger partial charge in [-0.05, 0) is 59.6 Å². The minimum atomic E-state index is -1.10. The number of likely N-dealkylation sites (tertiary alicyclic amines) is 1. The monoisotopic (exact) mass is 484 g/mol. The highest BCUT2D eigenvalue weighted by Crippen LogP contribution is 2.42. The normalized spacial score (nSPS) is 19.2. The van der Waals surface area contributed by atoms with Crippen molar-refractivity contribution in [2.75, 3.05) is 13.1 Å².